The summed E-state index contributed by atoms with van der Waals surface area (Å²) in [5, 5.41) is 11.6. The van der Waals surface area contributed by atoms with Gasteiger partial charge in [-0.2, -0.15) is 0 Å². The van der Waals surface area contributed by atoms with E-state index in [1.165, 1.54) is 18.7 Å². The van der Waals surface area contributed by atoms with Crippen LogP contribution in [-0.4, -0.2) is 21.0 Å². The summed E-state index contributed by atoms with van der Waals surface area (Å²) in [6.07, 6.45) is 4.27. The molecule has 0 radical (unpaired) electrons. The molecule has 5 heteroatoms. The Morgan fingerprint density at radius 2 is 1.82 bits per heavy atom. The fourth-order valence-electron chi connectivity index (χ4n) is 1.31. The molecule has 1 aromatic carbocycles. The van der Waals surface area contributed by atoms with Crippen molar-refractivity contribution in [3.8, 4) is 0 Å². The fraction of sp³-hybridized carbons (Fsp3) is 0.0833. The fourth-order valence-corrected chi connectivity index (χ4v) is 1.31. The van der Waals surface area contributed by atoms with Crippen LogP contribution >= 0.6 is 0 Å². The summed E-state index contributed by atoms with van der Waals surface area (Å²) in [7, 11) is 0. The number of aromatic nitrogens is 2. The van der Waals surface area contributed by atoms with E-state index in [0.717, 1.165) is 5.56 Å². The number of nitrogens with one attached hydrogen (secondary N) is 1. The van der Waals surface area contributed by atoms with Crippen LogP contribution in [0.4, 0.5) is 5.69 Å². The molecule has 2 N–H and O–H groups in total. The first-order chi connectivity index (χ1) is 8.29. The summed E-state index contributed by atoms with van der Waals surface area (Å²) in [4.78, 5) is 19.3. The molecule has 2 rings (SSSR count). The number of hydrogen-bond donors (Lipinski definition) is 2. The average Bonchev–Trinajstić information content (AvgIpc) is 2.40. The molecule has 2 aromatic rings. The zero-order valence-electron chi connectivity index (χ0n) is 9.00. The predicted octanol–water partition coefficient (Wildman–Crippen LogP) is 1.22. The number of amides is 1. The van der Waals surface area contributed by atoms with Crippen LogP contribution in [0.15, 0.2) is 43.0 Å². The van der Waals surface area contributed by atoms with Gasteiger partial charge in [0.1, 0.15) is 6.33 Å². The Morgan fingerprint density at radius 1 is 1.18 bits per heavy atom. The highest BCUT2D eigenvalue weighted by atomic mass is 16.3. The lowest BCUT2D eigenvalue weighted by molar-refractivity contribution is 0.102. The highest BCUT2D eigenvalue weighted by molar-refractivity contribution is 6.03. The van der Waals surface area contributed by atoms with E-state index in [4.69, 9.17) is 5.11 Å². The Kier molecular flexibility index (Phi) is 3.42. The second-order valence-electron chi connectivity index (χ2n) is 3.44. The van der Waals surface area contributed by atoms with Crippen molar-refractivity contribution < 1.29 is 9.90 Å². The number of aliphatic hydroxyl groups is 1. The quantitative estimate of drug-likeness (QED) is 0.829. The van der Waals surface area contributed by atoms with Crippen molar-refractivity contribution in [1.82, 2.24) is 9.97 Å². The van der Waals surface area contributed by atoms with Gasteiger partial charge >= 0.3 is 0 Å². The van der Waals surface area contributed by atoms with Gasteiger partial charge in [-0.1, -0.05) is 12.1 Å². The number of aliphatic hydroxyl groups excluding tert-OH is 1. The van der Waals surface area contributed by atoms with Gasteiger partial charge in [0.05, 0.1) is 12.2 Å². The number of rotatable bonds is 3. The van der Waals surface area contributed by atoms with Crippen molar-refractivity contribution in [3.05, 3.63) is 54.1 Å². The van der Waals surface area contributed by atoms with Gasteiger partial charge < -0.3 is 10.4 Å². The predicted molar refractivity (Wildman–Crippen MR) is 62.4 cm³/mol. The lowest BCUT2D eigenvalue weighted by Crippen LogP contribution is -2.12. The summed E-state index contributed by atoms with van der Waals surface area (Å²) in [6.45, 7) is -0.0131. The smallest absolute Gasteiger partial charge is 0.258 e. The lowest BCUT2D eigenvalue weighted by Gasteiger charge is -2.05. The standard InChI is InChI=1S/C12H11N3O2/c16-7-9-1-3-11(4-2-9)15-12(17)10-5-13-8-14-6-10/h1-6,8,16H,7H2,(H,15,17). The molecule has 1 amide bonds. The van der Waals surface area contributed by atoms with E-state index in [2.05, 4.69) is 15.3 Å². The number of carbonyl (C=O) groups excluding carboxylic acids is 1. The summed E-state index contributed by atoms with van der Waals surface area (Å²) < 4.78 is 0. The first kappa shape index (κ1) is 11.2. The summed E-state index contributed by atoms with van der Waals surface area (Å²) >= 11 is 0. The molecule has 5 nitrogen and oxygen atoms in total. The molecule has 86 valence electrons. The highest BCUT2D eigenvalue weighted by Crippen LogP contribution is 2.10. The molecule has 0 bridgehead atoms. The molecular weight excluding hydrogens is 218 g/mol. The van der Waals surface area contributed by atoms with Crippen LogP contribution in [0.25, 0.3) is 0 Å². The average molecular weight is 229 g/mol. The number of nitrogens with zero attached hydrogens (tertiary/aromatic N) is 2. The maximum absolute atomic E-state index is 11.7. The molecule has 1 aromatic heterocycles. The first-order valence-electron chi connectivity index (χ1n) is 5.06. The molecule has 0 aliphatic carbocycles. The number of hydrogen-bond acceptors (Lipinski definition) is 4. The zero-order chi connectivity index (χ0) is 12.1. The van der Waals surface area contributed by atoms with Crippen LogP contribution < -0.4 is 5.32 Å². The number of anilines is 1. The van der Waals surface area contributed by atoms with Crippen molar-refractivity contribution in [3.63, 3.8) is 0 Å². The molecule has 0 saturated heterocycles. The maximum atomic E-state index is 11.7. The van der Waals surface area contributed by atoms with Crippen LogP contribution in [-0.2, 0) is 6.61 Å². The summed E-state index contributed by atoms with van der Waals surface area (Å²) in [5.74, 6) is -0.262. The molecule has 0 aliphatic rings. The van der Waals surface area contributed by atoms with Crippen molar-refractivity contribution >= 4 is 11.6 Å². The van der Waals surface area contributed by atoms with Gasteiger partial charge in [0, 0.05) is 18.1 Å². The third-order valence-corrected chi connectivity index (χ3v) is 2.22. The second kappa shape index (κ2) is 5.18. The minimum absolute atomic E-state index is 0.0131. The van der Waals surface area contributed by atoms with Crippen LogP contribution in [0.1, 0.15) is 15.9 Å². The van der Waals surface area contributed by atoms with Crippen LogP contribution in [0.5, 0.6) is 0 Å². The van der Waals surface area contributed by atoms with E-state index < -0.39 is 0 Å². The van der Waals surface area contributed by atoms with Crippen molar-refractivity contribution in [2.75, 3.05) is 5.32 Å². The molecule has 0 atom stereocenters. The SMILES string of the molecule is O=C(Nc1ccc(CO)cc1)c1cncnc1. The van der Waals surface area contributed by atoms with Crippen molar-refractivity contribution in [2.45, 2.75) is 6.61 Å². The van der Waals surface area contributed by atoms with E-state index in [0.29, 0.717) is 11.3 Å². The van der Waals surface area contributed by atoms with Crippen molar-refractivity contribution in [1.29, 1.82) is 0 Å². The topological polar surface area (TPSA) is 75.1 Å². The van der Waals surface area contributed by atoms with E-state index in [1.807, 2.05) is 0 Å². The van der Waals surface area contributed by atoms with Gasteiger partial charge in [-0.05, 0) is 17.7 Å². The van der Waals surface area contributed by atoms with Gasteiger partial charge in [0.25, 0.3) is 5.91 Å². The monoisotopic (exact) mass is 229 g/mol. The van der Waals surface area contributed by atoms with Gasteiger partial charge in [-0.3, -0.25) is 4.79 Å². The van der Waals surface area contributed by atoms with E-state index >= 15 is 0 Å². The van der Waals surface area contributed by atoms with E-state index in [-0.39, 0.29) is 12.5 Å². The Balaban J connectivity index is 2.08. The second-order valence-corrected chi connectivity index (χ2v) is 3.44. The molecule has 0 spiro atoms. The minimum Gasteiger partial charge on any atom is -0.392 e. The molecule has 0 unspecified atom stereocenters. The maximum Gasteiger partial charge on any atom is 0.258 e. The third-order valence-electron chi connectivity index (χ3n) is 2.22. The van der Waals surface area contributed by atoms with Gasteiger partial charge in [0.15, 0.2) is 0 Å². The zero-order valence-corrected chi connectivity index (χ0v) is 9.00. The Bertz CT molecular complexity index is 497. The summed E-state index contributed by atoms with van der Waals surface area (Å²) in [5.41, 5.74) is 1.86. The number of benzene rings is 1. The molecule has 0 aliphatic heterocycles. The third kappa shape index (κ3) is 2.85. The van der Waals surface area contributed by atoms with Crippen LogP contribution in [0, 0.1) is 0 Å². The largest absolute Gasteiger partial charge is 0.392 e. The van der Waals surface area contributed by atoms with Gasteiger partial charge in [-0.25, -0.2) is 9.97 Å². The Hall–Kier alpha value is -2.27. The van der Waals surface area contributed by atoms with Crippen LogP contribution in [0.3, 0.4) is 0 Å². The van der Waals surface area contributed by atoms with E-state index in [1.54, 1.807) is 24.3 Å². The normalized spacial score (nSPS) is 9.94. The number of carbonyl (C=O) groups is 1. The van der Waals surface area contributed by atoms with Gasteiger partial charge in [-0.15, -0.1) is 0 Å². The van der Waals surface area contributed by atoms with Gasteiger partial charge in [0.2, 0.25) is 0 Å². The lowest BCUT2D eigenvalue weighted by atomic mass is 10.2. The van der Waals surface area contributed by atoms with Crippen molar-refractivity contribution in [2.24, 2.45) is 0 Å². The Labute approximate surface area is 98.2 Å². The van der Waals surface area contributed by atoms with E-state index in [9.17, 15) is 4.79 Å². The van der Waals surface area contributed by atoms with Crippen LogP contribution in [0.2, 0.25) is 0 Å². The minimum atomic E-state index is -0.262. The first-order valence-corrected chi connectivity index (χ1v) is 5.06. The molecule has 0 fully saturated rings. The molecule has 0 saturated carbocycles. The molecule has 1 heterocycles. The Morgan fingerprint density at radius 3 is 2.41 bits per heavy atom. The summed E-state index contributed by atoms with van der Waals surface area (Å²) in [6, 6.07) is 6.95. The molecule has 17 heavy (non-hydrogen) atoms. The molecular formula is C12H11N3O2. The highest BCUT2D eigenvalue weighted by Gasteiger charge is 2.05.